The van der Waals surface area contributed by atoms with Gasteiger partial charge in [0.15, 0.2) is 11.4 Å². The largest absolute Gasteiger partial charge is 0.437 e. The molecular weight excluding hydrogens is 529 g/mol. The summed E-state index contributed by atoms with van der Waals surface area (Å²) in [4.78, 5) is 12.3. The van der Waals surface area contributed by atoms with Gasteiger partial charge in [0, 0.05) is 35.3 Å². The molecule has 8 nitrogen and oxygen atoms in total. The number of anilines is 1. The van der Waals surface area contributed by atoms with E-state index < -0.39 is 33.7 Å². The second-order valence-corrected chi connectivity index (χ2v) is 10.9. The van der Waals surface area contributed by atoms with Crippen LogP contribution in [0.3, 0.4) is 0 Å². The van der Waals surface area contributed by atoms with Crippen LogP contribution in [0.1, 0.15) is 5.69 Å². The van der Waals surface area contributed by atoms with Gasteiger partial charge < -0.3 is 4.74 Å². The number of thioether (sulfide) groups is 1. The lowest BCUT2D eigenvalue weighted by molar-refractivity contribution is -0.143. The molecule has 0 atom stereocenters. The number of ether oxygens (including phenoxy) is 1. The third-order valence-corrected chi connectivity index (χ3v) is 8.06. The van der Waals surface area contributed by atoms with Gasteiger partial charge in [-0.2, -0.15) is 34.3 Å². The van der Waals surface area contributed by atoms with E-state index in [2.05, 4.69) is 10.4 Å². The van der Waals surface area contributed by atoms with E-state index in [1.165, 1.54) is 52.8 Å². The minimum absolute atomic E-state index is 0.0427. The van der Waals surface area contributed by atoms with E-state index in [4.69, 9.17) is 16.3 Å². The van der Waals surface area contributed by atoms with Crippen LogP contribution in [0.2, 0.25) is 5.02 Å². The molecule has 4 rings (SSSR count). The molecule has 14 heteroatoms. The average molecular weight is 547 g/mol. The highest BCUT2D eigenvalue weighted by molar-refractivity contribution is 7.99. The van der Waals surface area contributed by atoms with Crippen molar-refractivity contribution in [2.24, 2.45) is 0 Å². The van der Waals surface area contributed by atoms with Crippen molar-refractivity contribution in [3.8, 4) is 11.4 Å². The first-order chi connectivity index (χ1) is 16.6. The van der Waals surface area contributed by atoms with Crippen LogP contribution in [0.25, 0.3) is 5.69 Å². The lowest BCUT2D eigenvalue weighted by Crippen LogP contribution is -2.37. The molecule has 0 aliphatic carbocycles. The number of carbonyl (C=O) groups is 1. The van der Waals surface area contributed by atoms with Crippen molar-refractivity contribution in [3.63, 3.8) is 0 Å². The lowest BCUT2D eigenvalue weighted by Gasteiger charge is -2.25. The van der Waals surface area contributed by atoms with Gasteiger partial charge in [-0.25, -0.2) is 17.9 Å². The Hall–Kier alpha value is -2.74. The number of amides is 1. The van der Waals surface area contributed by atoms with Crippen molar-refractivity contribution in [3.05, 3.63) is 65.4 Å². The van der Waals surface area contributed by atoms with Crippen LogP contribution in [0.5, 0.6) is 5.75 Å². The molecule has 35 heavy (non-hydrogen) atoms. The molecule has 186 valence electrons. The number of sulfonamides is 1. The number of aromatic nitrogens is 2. The molecule has 1 N–H and O–H groups in total. The Balaban J connectivity index is 1.54. The van der Waals surface area contributed by atoms with E-state index >= 15 is 0 Å². The molecular formula is C21H18ClF3N4O4S2. The predicted octanol–water partition coefficient (Wildman–Crippen LogP) is 4.89. The zero-order valence-corrected chi connectivity index (χ0v) is 20.2. The van der Waals surface area contributed by atoms with Crippen LogP contribution < -0.4 is 10.1 Å². The summed E-state index contributed by atoms with van der Waals surface area (Å²) in [5, 5.41) is 6.30. The van der Waals surface area contributed by atoms with Gasteiger partial charge in [-0.15, -0.1) is 0 Å². The smallest absolute Gasteiger partial charge is 0.406 e. The van der Waals surface area contributed by atoms with Crippen molar-refractivity contribution >= 4 is 45.2 Å². The highest BCUT2D eigenvalue weighted by Gasteiger charge is 2.40. The fourth-order valence-corrected chi connectivity index (χ4v) is 6.11. The van der Waals surface area contributed by atoms with Gasteiger partial charge >= 0.3 is 12.3 Å². The van der Waals surface area contributed by atoms with Crippen molar-refractivity contribution < 1.29 is 31.1 Å². The van der Waals surface area contributed by atoms with Gasteiger partial charge in [0.05, 0.1) is 16.8 Å². The normalized spacial score (nSPS) is 15.1. The van der Waals surface area contributed by atoms with Crippen LogP contribution in [0.4, 0.5) is 23.7 Å². The molecule has 0 unspecified atom stereocenters. The maximum absolute atomic E-state index is 13.8. The Morgan fingerprint density at radius 2 is 1.80 bits per heavy atom. The van der Waals surface area contributed by atoms with Crippen LogP contribution in [0, 0.1) is 0 Å². The lowest BCUT2D eigenvalue weighted by atomic mass is 10.3. The summed E-state index contributed by atoms with van der Waals surface area (Å²) < 4.78 is 73.9. The zero-order chi connectivity index (χ0) is 25.2. The first-order valence-corrected chi connectivity index (χ1v) is 13.1. The number of alkyl halides is 3. The monoisotopic (exact) mass is 546 g/mol. The van der Waals surface area contributed by atoms with Crippen LogP contribution >= 0.6 is 23.4 Å². The fraction of sp³-hybridized carbons (Fsp3) is 0.238. The SMILES string of the molecule is O=C(Nc1cccc(S(=O)(=O)N2CCSCC2)c1)Oc1cnn(-c2ccc(Cl)cc2)c1C(F)(F)F. The van der Waals surface area contributed by atoms with Crippen molar-refractivity contribution in [2.75, 3.05) is 29.9 Å². The Bertz CT molecular complexity index is 1330. The van der Waals surface area contributed by atoms with Crippen molar-refractivity contribution in [1.29, 1.82) is 0 Å². The Morgan fingerprint density at radius 1 is 1.11 bits per heavy atom. The second kappa shape index (κ2) is 10.1. The Kier molecular flexibility index (Phi) is 7.31. The number of rotatable bonds is 5. The summed E-state index contributed by atoms with van der Waals surface area (Å²) in [6.07, 6.45) is -5.37. The van der Waals surface area contributed by atoms with Gasteiger partial charge in [-0.1, -0.05) is 17.7 Å². The maximum atomic E-state index is 13.8. The maximum Gasteiger partial charge on any atom is 0.437 e. The molecule has 0 radical (unpaired) electrons. The predicted molar refractivity (Wildman–Crippen MR) is 126 cm³/mol. The number of halogens is 4. The number of benzene rings is 2. The zero-order valence-electron chi connectivity index (χ0n) is 17.8. The second-order valence-electron chi connectivity index (χ2n) is 7.30. The fourth-order valence-electron chi connectivity index (χ4n) is 3.36. The highest BCUT2D eigenvalue weighted by atomic mass is 35.5. The standard InChI is InChI=1S/C21H18ClF3N4O4S2/c22-14-4-6-16(7-5-14)29-19(21(23,24)25)18(13-26-29)33-20(30)27-15-2-1-3-17(12-15)35(31,32)28-8-10-34-11-9-28/h1-7,12-13H,8-11H2,(H,27,30). The third-order valence-electron chi connectivity index (χ3n) is 4.97. The van der Waals surface area contributed by atoms with Crippen molar-refractivity contribution in [1.82, 2.24) is 14.1 Å². The van der Waals surface area contributed by atoms with E-state index in [0.29, 0.717) is 34.3 Å². The summed E-state index contributed by atoms with van der Waals surface area (Å²) in [5.41, 5.74) is -1.19. The molecule has 0 saturated carbocycles. The average Bonchev–Trinajstić information content (AvgIpc) is 3.24. The van der Waals surface area contributed by atoms with Gasteiger partial charge in [0.2, 0.25) is 10.0 Å². The van der Waals surface area contributed by atoms with E-state index in [0.717, 1.165) is 6.20 Å². The summed E-state index contributed by atoms with van der Waals surface area (Å²) in [5.74, 6) is 0.531. The van der Waals surface area contributed by atoms with Gasteiger partial charge in [-0.05, 0) is 42.5 Å². The molecule has 3 aromatic rings. The molecule has 2 heterocycles. The number of hydrogen-bond donors (Lipinski definition) is 1. The minimum atomic E-state index is -4.90. The summed E-state index contributed by atoms with van der Waals surface area (Å²) in [6, 6.07) is 10.9. The number of hydrogen-bond acceptors (Lipinski definition) is 6. The molecule has 0 spiro atoms. The topological polar surface area (TPSA) is 93.5 Å². The number of carbonyl (C=O) groups excluding carboxylic acids is 1. The molecule has 2 aromatic carbocycles. The van der Waals surface area contributed by atoms with E-state index in [1.807, 2.05) is 0 Å². The highest BCUT2D eigenvalue weighted by Crippen LogP contribution is 2.38. The molecule has 1 fully saturated rings. The molecule has 0 bridgehead atoms. The molecule has 1 aromatic heterocycles. The van der Waals surface area contributed by atoms with E-state index in [1.54, 1.807) is 11.8 Å². The minimum Gasteiger partial charge on any atom is -0.406 e. The van der Waals surface area contributed by atoms with Gasteiger partial charge in [0.25, 0.3) is 0 Å². The summed E-state index contributed by atoms with van der Waals surface area (Å²) in [7, 11) is -3.78. The van der Waals surface area contributed by atoms with E-state index in [-0.39, 0.29) is 16.3 Å². The van der Waals surface area contributed by atoms with Crippen LogP contribution in [-0.2, 0) is 16.2 Å². The molecule has 1 amide bonds. The molecule has 1 aliphatic rings. The third kappa shape index (κ3) is 5.74. The molecule has 1 aliphatic heterocycles. The number of nitrogens with one attached hydrogen (secondary N) is 1. The molecule has 1 saturated heterocycles. The van der Waals surface area contributed by atoms with Gasteiger partial charge in [0.1, 0.15) is 0 Å². The first kappa shape index (κ1) is 25.4. The van der Waals surface area contributed by atoms with Crippen LogP contribution in [0.15, 0.2) is 59.6 Å². The first-order valence-electron chi connectivity index (χ1n) is 10.1. The van der Waals surface area contributed by atoms with Crippen LogP contribution in [-0.4, -0.2) is 53.2 Å². The summed E-state index contributed by atoms with van der Waals surface area (Å²) in [6.45, 7) is 0.731. The van der Waals surface area contributed by atoms with E-state index in [9.17, 15) is 26.4 Å². The quantitative estimate of drug-likeness (QED) is 0.489. The Morgan fingerprint density at radius 3 is 2.46 bits per heavy atom. The summed E-state index contributed by atoms with van der Waals surface area (Å²) >= 11 is 7.45. The van der Waals surface area contributed by atoms with Gasteiger partial charge in [-0.3, -0.25) is 5.32 Å². The Labute approximate surface area is 208 Å². The number of nitrogens with zero attached hydrogens (tertiary/aromatic N) is 3. The van der Waals surface area contributed by atoms with Crippen molar-refractivity contribution in [2.45, 2.75) is 11.1 Å².